The van der Waals surface area contributed by atoms with Gasteiger partial charge in [-0.25, -0.2) is 0 Å². The number of allylic oxidation sites excluding steroid dienone is 13. The fraction of sp³-hybridized carbons (Fsp3) is 0.333. The number of para-hydroxylation sites is 1. The Hall–Kier alpha value is -4.04. The van der Waals surface area contributed by atoms with Crippen LogP contribution in [0.2, 0.25) is 0 Å². The summed E-state index contributed by atoms with van der Waals surface area (Å²) in [6.45, 7) is 9.17. The molecule has 0 N–H and O–H groups in total. The first kappa shape index (κ1) is 30.0. The molecule has 226 valence electrons. The summed E-state index contributed by atoms with van der Waals surface area (Å²) in [4.78, 5) is 5.04. The molecule has 0 amide bonds. The van der Waals surface area contributed by atoms with Crippen molar-refractivity contribution < 1.29 is 0 Å². The largest absolute Gasteiger partial charge is 0.338 e. The van der Waals surface area contributed by atoms with Crippen molar-refractivity contribution in [1.29, 1.82) is 0 Å². The molecule has 2 heteroatoms. The standard InChI is InChI=1S/C42H48N2/c1-31(2)33-15-23-39(24-16-33)43(37-11-7-5-8-12-37)41-27-19-35(20-28-41)36-21-29-42(30-22-36)44(38-13-9-6-10-14-38)40-25-17-34(18-26-40)32(3)4/h5-13,15-17,19,21,23-27,29,31-32,34,38H,14,18,20,22,28,30H2,1-4H3. The van der Waals surface area contributed by atoms with Crippen LogP contribution in [0.5, 0.6) is 0 Å². The van der Waals surface area contributed by atoms with Gasteiger partial charge in [0.05, 0.1) is 6.04 Å². The Labute approximate surface area is 265 Å². The van der Waals surface area contributed by atoms with Gasteiger partial charge in [-0.3, -0.25) is 0 Å². The second-order valence-corrected chi connectivity index (χ2v) is 13.2. The average molecular weight is 581 g/mol. The molecule has 0 radical (unpaired) electrons. The van der Waals surface area contributed by atoms with E-state index in [2.05, 4.69) is 159 Å². The van der Waals surface area contributed by atoms with Crippen molar-refractivity contribution in [2.45, 2.75) is 78.2 Å². The van der Waals surface area contributed by atoms with E-state index >= 15 is 0 Å². The molecule has 2 aromatic rings. The van der Waals surface area contributed by atoms with Gasteiger partial charge in [0.1, 0.15) is 0 Å². The molecule has 44 heavy (non-hydrogen) atoms. The van der Waals surface area contributed by atoms with Crippen molar-refractivity contribution in [3.63, 3.8) is 0 Å². The van der Waals surface area contributed by atoms with Gasteiger partial charge in [-0.15, -0.1) is 0 Å². The molecule has 2 unspecified atom stereocenters. The SMILES string of the molecule is CC(C)c1ccc(N(C2=CC=C(C3=CC=C(N(C4=CCC(C(C)C)C=C4)C4C=CC=CC4)CC3)CC2)c2ccccc2)cc1. The maximum atomic E-state index is 2.61. The van der Waals surface area contributed by atoms with E-state index in [1.807, 2.05) is 0 Å². The molecule has 0 fully saturated rings. The van der Waals surface area contributed by atoms with E-state index in [1.54, 1.807) is 0 Å². The average Bonchev–Trinajstić information content (AvgIpc) is 3.07. The van der Waals surface area contributed by atoms with Crippen molar-refractivity contribution >= 4 is 11.4 Å². The first-order valence-electron chi connectivity index (χ1n) is 16.7. The summed E-state index contributed by atoms with van der Waals surface area (Å²) >= 11 is 0. The van der Waals surface area contributed by atoms with Crippen LogP contribution in [0, 0.1) is 11.8 Å². The number of hydrogen-bond donors (Lipinski definition) is 0. The molecule has 0 saturated carbocycles. The minimum atomic E-state index is 0.380. The summed E-state index contributed by atoms with van der Waals surface area (Å²) in [5.74, 6) is 1.85. The zero-order valence-electron chi connectivity index (χ0n) is 27.0. The summed E-state index contributed by atoms with van der Waals surface area (Å²) in [5, 5.41) is 0. The fourth-order valence-electron chi connectivity index (χ4n) is 6.87. The second-order valence-electron chi connectivity index (χ2n) is 13.2. The van der Waals surface area contributed by atoms with Gasteiger partial charge >= 0.3 is 0 Å². The van der Waals surface area contributed by atoms with Crippen LogP contribution in [-0.4, -0.2) is 10.9 Å². The lowest BCUT2D eigenvalue weighted by molar-refractivity contribution is 0.349. The minimum absolute atomic E-state index is 0.380. The van der Waals surface area contributed by atoms with Gasteiger partial charge in [0.25, 0.3) is 0 Å². The van der Waals surface area contributed by atoms with Crippen molar-refractivity contribution in [3.8, 4) is 0 Å². The van der Waals surface area contributed by atoms with Crippen LogP contribution < -0.4 is 4.90 Å². The zero-order valence-corrected chi connectivity index (χ0v) is 27.0. The van der Waals surface area contributed by atoms with Crippen molar-refractivity contribution in [3.05, 3.63) is 155 Å². The summed E-state index contributed by atoms with van der Waals surface area (Å²) in [6.07, 6.45) is 32.4. The first-order valence-corrected chi connectivity index (χ1v) is 16.7. The van der Waals surface area contributed by atoms with E-state index in [0.29, 0.717) is 23.8 Å². The lowest BCUT2D eigenvalue weighted by atomic mass is 9.87. The maximum absolute atomic E-state index is 2.61. The molecule has 0 spiro atoms. The van der Waals surface area contributed by atoms with E-state index < -0.39 is 0 Å². The molecule has 4 aliphatic rings. The molecule has 4 aliphatic carbocycles. The monoisotopic (exact) mass is 580 g/mol. The molecule has 2 atom stereocenters. The quantitative estimate of drug-likeness (QED) is 0.291. The number of hydrogen-bond acceptors (Lipinski definition) is 2. The molecule has 0 aliphatic heterocycles. The number of benzene rings is 2. The molecular weight excluding hydrogens is 532 g/mol. The maximum Gasteiger partial charge on any atom is 0.0556 e. The summed E-state index contributed by atoms with van der Waals surface area (Å²) in [5.41, 5.74) is 10.9. The summed E-state index contributed by atoms with van der Waals surface area (Å²) in [7, 11) is 0. The predicted molar refractivity (Wildman–Crippen MR) is 189 cm³/mol. The Morgan fingerprint density at radius 1 is 0.659 bits per heavy atom. The molecule has 0 heterocycles. The van der Waals surface area contributed by atoms with E-state index in [-0.39, 0.29) is 0 Å². The van der Waals surface area contributed by atoms with Crippen LogP contribution in [0.1, 0.15) is 77.7 Å². The van der Waals surface area contributed by atoms with Gasteiger partial charge in [-0.1, -0.05) is 107 Å². The third kappa shape index (κ3) is 6.70. The van der Waals surface area contributed by atoms with Crippen LogP contribution in [0.15, 0.2) is 150 Å². The van der Waals surface area contributed by atoms with E-state index in [0.717, 1.165) is 38.5 Å². The third-order valence-electron chi connectivity index (χ3n) is 9.63. The first-order chi connectivity index (χ1) is 21.5. The smallest absolute Gasteiger partial charge is 0.0556 e. The molecule has 0 bridgehead atoms. The van der Waals surface area contributed by atoms with E-state index in [4.69, 9.17) is 0 Å². The van der Waals surface area contributed by atoms with Gasteiger partial charge in [-0.05, 0) is 115 Å². The lowest BCUT2D eigenvalue weighted by Gasteiger charge is -2.38. The predicted octanol–water partition coefficient (Wildman–Crippen LogP) is 11.5. The Bertz CT molecular complexity index is 1550. The lowest BCUT2D eigenvalue weighted by Crippen LogP contribution is -2.34. The molecule has 0 saturated heterocycles. The van der Waals surface area contributed by atoms with Crippen LogP contribution in [0.3, 0.4) is 0 Å². The molecular formula is C42H48N2. The topological polar surface area (TPSA) is 6.48 Å². The molecule has 0 aromatic heterocycles. The van der Waals surface area contributed by atoms with Gasteiger partial charge in [0, 0.05) is 28.5 Å². The highest BCUT2D eigenvalue weighted by molar-refractivity contribution is 5.69. The Morgan fingerprint density at radius 2 is 1.34 bits per heavy atom. The Morgan fingerprint density at radius 3 is 1.89 bits per heavy atom. The van der Waals surface area contributed by atoms with Crippen LogP contribution >= 0.6 is 0 Å². The van der Waals surface area contributed by atoms with Gasteiger partial charge in [0.2, 0.25) is 0 Å². The highest BCUT2D eigenvalue weighted by atomic mass is 15.2. The van der Waals surface area contributed by atoms with Gasteiger partial charge in [0.15, 0.2) is 0 Å². The van der Waals surface area contributed by atoms with Gasteiger partial charge < -0.3 is 9.80 Å². The summed E-state index contributed by atoms with van der Waals surface area (Å²) in [6, 6.07) is 20.3. The molecule has 6 rings (SSSR count). The Balaban J connectivity index is 1.24. The number of rotatable bonds is 9. The highest BCUT2D eigenvalue weighted by Gasteiger charge is 2.26. The van der Waals surface area contributed by atoms with Crippen LogP contribution in [0.25, 0.3) is 0 Å². The van der Waals surface area contributed by atoms with Crippen molar-refractivity contribution in [2.75, 3.05) is 4.90 Å². The number of anilines is 2. The minimum Gasteiger partial charge on any atom is -0.338 e. The highest BCUT2D eigenvalue weighted by Crippen LogP contribution is 2.39. The molecule has 2 aromatic carbocycles. The van der Waals surface area contributed by atoms with Gasteiger partial charge in [-0.2, -0.15) is 0 Å². The molecule has 2 nitrogen and oxygen atoms in total. The fourth-order valence-corrected chi connectivity index (χ4v) is 6.87. The van der Waals surface area contributed by atoms with E-state index in [9.17, 15) is 0 Å². The second kappa shape index (κ2) is 13.7. The van der Waals surface area contributed by atoms with E-state index in [1.165, 1.54) is 45.2 Å². The Kier molecular flexibility index (Phi) is 9.36. The zero-order chi connectivity index (χ0) is 30.5. The summed E-state index contributed by atoms with van der Waals surface area (Å²) < 4.78 is 0. The number of nitrogens with zero attached hydrogens (tertiary/aromatic N) is 2. The van der Waals surface area contributed by atoms with Crippen molar-refractivity contribution in [2.24, 2.45) is 11.8 Å². The van der Waals surface area contributed by atoms with Crippen molar-refractivity contribution in [1.82, 2.24) is 4.90 Å². The normalized spacial score (nSPS) is 21.5. The third-order valence-corrected chi connectivity index (χ3v) is 9.63. The van der Waals surface area contributed by atoms with Crippen LogP contribution in [0.4, 0.5) is 11.4 Å². The van der Waals surface area contributed by atoms with Crippen LogP contribution in [-0.2, 0) is 0 Å².